The molecule has 1 aromatic carbocycles. The number of alkyl halides is 1. The van der Waals surface area contributed by atoms with Crippen LogP contribution in [-0.2, 0) is 14.9 Å². The van der Waals surface area contributed by atoms with Gasteiger partial charge in [0.15, 0.2) is 0 Å². The highest BCUT2D eigenvalue weighted by Crippen LogP contribution is 2.29. The van der Waals surface area contributed by atoms with Crippen molar-refractivity contribution in [3.05, 3.63) is 34.9 Å². The molecule has 1 unspecified atom stereocenters. The fourth-order valence-electron chi connectivity index (χ4n) is 1.56. The predicted octanol–water partition coefficient (Wildman–Crippen LogP) is 3.41. The summed E-state index contributed by atoms with van der Waals surface area (Å²) in [5.74, 6) is -0.395. The SMILES string of the molecule is COC(=O)c1cc(C(Br)C=O)cc(C(C)(C)C)c1. The first-order valence-electron chi connectivity index (χ1n) is 5.62. The summed E-state index contributed by atoms with van der Waals surface area (Å²) in [7, 11) is 1.34. The smallest absolute Gasteiger partial charge is 0.337 e. The van der Waals surface area contributed by atoms with Crippen molar-refractivity contribution >= 4 is 28.2 Å². The van der Waals surface area contributed by atoms with Gasteiger partial charge in [-0.1, -0.05) is 42.8 Å². The van der Waals surface area contributed by atoms with E-state index in [1.54, 1.807) is 12.1 Å². The Morgan fingerprint density at radius 1 is 1.33 bits per heavy atom. The van der Waals surface area contributed by atoms with Crippen molar-refractivity contribution in [2.45, 2.75) is 31.0 Å². The molecule has 0 aliphatic rings. The van der Waals surface area contributed by atoms with Crippen molar-refractivity contribution in [1.29, 1.82) is 0 Å². The third-order valence-electron chi connectivity index (χ3n) is 2.68. The molecule has 0 fully saturated rings. The van der Waals surface area contributed by atoms with Crippen molar-refractivity contribution in [3.8, 4) is 0 Å². The van der Waals surface area contributed by atoms with Crippen molar-refractivity contribution < 1.29 is 14.3 Å². The van der Waals surface area contributed by atoms with Gasteiger partial charge >= 0.3 is 5.97 Å². The van der Waals surface area contributed by atoms with Crippen LogP contribution in [0.15, 0.2) is 18.2 Å². The van der Waals surface area contributed by atoms with Gasteiger partial charge in [0.2, 0.25) is 0 Å². The highest BCUT2D eigenvalue weighted by Gasteiger charge is 2.19. The number of esters is 1. The molecule has 0 saturated heterocycles. The molecule has 0 saturated carbocycles. The number of methoxy groups -OCH3 is 1. The second kappa shape index (κ2) is 5.65. The summed E-state index contributed by atoms with van der Waals surface area (Å²) >= 11 is 3.27. The quantitative estimate of drug-likeness (QED) is 0.488. The highest BCUT2D eigenvalue weighted by molar-refractivity contribution is 9.09. The molecule has 98 valence electrons. The molecular weight excluding hydrogens is 296 g/mol. The van der Waals surface area contributed by atoms with Crippen LogP contribution in [0.1, 0.15) is 47.1 Å². The number of carbonyl (C=O) groups is 2. The minimum Gasteiger partial charge on any atom is -0.465 e. The zero-order chi connectivity index (χ0) is 13.9. The third-order valence-corrected chi connectivity index (χ3v) is 3.42. The molecule has 4 heteroatoms. The molecule has 0 radical (unpaired) electrons. The normalized spacial score (nSPS) is 12.9. The summed E-state index contributed by atoms with van der Waals surface area (Å²) in [6.45, 7) is 6.16. The molecule has 3 nitrogen and oxygen atoms in total. The molecular formula is C14H17BrO3. The Hall–Kier alpha value is -1.16. The van der Waals surface area contributed by atoms with Crippen LogP contribution < -0.4 is 0 Å². The maximum Gasteiger partial charge on any atom is 0.337 e. The Labute approximate surface area is 116 Å². The average Bonchev–Trinajstić information content (AvgIpc) is 2.35. The van der Waals surface area contributed by atoms with E-state index in [0.717, 1.165) is 17.4 Å². The van der Waals surface area contributed by atoms with E-state index in [0.29, 0.717) is 5.56 Å². The van der Waals surface area contributed by atoms with Crippen LogP contribution in [0.5, 0.6) is 0 Å². The van der Waals surface area contributed by atoms with E-state index in [-0.39, 0.29) is 5.41 Å². The molecule has 18 heavy (non-hydrogen) atoms. The van der Waals surface area contributed by atoms with Crippen LogP contribution in [0.4, 0.5) is 0 Å². The molecule has 0 heterocycles. The number of rotatable bonds is 3. The molecule has 0 amide bonds. The summed E-state index contributed by atoms with van der Waals surface area (Å²) in [5, 5.41) is 0. The van der Waals surface area contributed by atoms with Gasteiger partial charge in [0.1, 0.15) is 6.29 Å². The van der Waals surface area contributed by atoms with Crippen LogP contribution >= 0.6 is 15.9 Å². The Morgan fingerprint density at radius 3 is 2.39 bits per heavy atom. The van der Waals surface area contributed by atoms with Gasteiger partial charge in [0.25, 0.3) is 0 Å². The van der Waals surface area contributed by atoms with Gasteiger partial charge in [0.05, 0.1) is 17.5 Å². The number of aldehydes is 1. The topological polar surface area (TPSA) is 43.4 Å². The molecule has 1 rings (SSSR count). The maximum atomic E-state index is 11.6. The lowest BCUT2D eigenvalue weighted by Crippen LogP contribution is -2.14. The van der Waals surface area contributed by atoms with Crippen molar-refractivity contribution in [1.82, 2.24) is 0 Å². The average molecular weight is 313 g/mol. The van der Waals surface area contributed by atoms with Gasteiger partial charge in [-0.3, -0.25) is 0 Å². The number of halogens is 1. The van der Waals surface area contributed by atoms with E-state index in [2.05, 4.69) is 36.7 Å². The zero-order valence-electron chi connectivity index (χ0n) is 11.0. The lowest BCUT2D eigenvalue weighted by Gasteiger charge is -2.21. The van der Waals surface area contributed by atoms with E-state index in [1.807, 2.05) is 6.07 Å². The first-order chi connectivity index (χ1) is 8.29. The minimum atomic E-state index is -0.414. The first-order valence-corrected chi connectivity index (χ1v) is 6.54. The molecule has 1 aromatic rings. The van der Waals surface area contributed by atoms with E-state index in [9.17, 15) is 9.59 Å². The molecule has 0 bridgehead atoms. The Kier molecular flexibility index (Phi) is 4.68. The highest BCUT2D eigenvalue weighted by atomic mass is 79.9. The monoisotopic (exact) mass is 312 g/mol. The Balaban J connectivity index is 3.38. The largest absolute Gasteiger partial charge is 0.465 e. The molecule has 0 N–H and O–H groups in total. The van der Waals surface area contributed by atoms with Gasteiger partial charge in [-0.2, -0.15) is 0 Å². The van der Waals surface area contributed by atoms with Gasteiger partial charge in [-0.25, -0.2) is 4.79 Å². The number of hydrogen-bond acceptors (Lipinski definition) is 3. The molecule has 0 aliphatic carbocycles. The zero-order valence-corrected chi connectivity index (χ0v) is 12.6. The van der Waals surface area contributed by atoms with Gasteiger partial charge in [-0.15, -0.1) is 0 Å². The van der Waals surface area contributed by atoms with Crippen LogP contribution in [0, 0.1) is 0 Å². The second-order valence-electron chi connectivity index (χ2n) is 5.12. The standard InChI is InChI=1S/C14H17BrO3/c1-14(2,3)11-6-9(12(15)8-16)5-10(7-11)13(17)18-4/h5-8,12H,1-4H3. The summed E-state index contributed by atoms with van der Waals surface area (Å²) < 4.78 is 4.73. The fraction of sp³-hybridized carbons (Fsp3) is 0.429. The molecule has 1 atom stereocenters. The number of ether oxygens (including phenoxy) is 1. The number of hydrogen-bond donors (Lipinski definition) is 0. The first kappa shape index (κ1) is 14.9. The summed E-state index contributed by atoms with van der Waals surface area (Å²) in [6, 6.07) is 5.41. The lowest BCUT2D eigenvalue weighted by molar-refractivity contribution is -0.107. The number of benzene rings is 1. The molecule has 0 aromatic heterocycles. The van der Waals surface area contributed by atoms with Gasteiger partial charge < -0.3 is 9.53 Å². The van der Waals surface area contributed by atoms with Crippen LogP contribution in [0.25, 0.3) is 0 Å². The van der Waals surface area contributed by atoms with E-state index >= 15 is 0 Å². The lowest BCUT2D eigenvalue weighted by atomic mass is 9.84. The van der Waals surface area contributed by atoms with Crippen LogP contribution in [-0.4, -0.2) is 19.4 Å². The van der Waals surface area contributed by atoms with Crippen molar-refractivity contribution in [2.75, 3.05) is 7.11 Å². The van der Waals surface area contributed by atoms with E-state index in [4.69, 9.17) is 4.74 Å². The Bertz CT molecular complexity index is 461. The second-order valence-corrected chi connectivity index (χ2v) is 6.11. The maximum absolute atomic E-state index is 11.6. The van der Waals surface area contributed by atoms with Crippen molar-refractivity contribution in [3.63, 3.8) is 0 Å². The molecule has 0 spiro atoms. The van der Waals surface area contributed by atoms with Gasteiger partial charge in [0, 0.05) is 0 Å². The van der Waals surface area contributed by atoms with E-state index < -0.39 is 10.8 Å². The molecule has 0 aliphatic heterocycles. The third kappa shape index (κ3) is 3.42. The summed E-state index contributed by atoms with van der Waals surface area (Å²) in [6.07, 6.45) is 0.794. The van der Waals surface area contributed by atoms with Gasteiger partial charge in [-0.05, 0) is 28.7 Å². The Morgan fingerprint density at radius 2 is 1.94 bits per heavy atom. The fourth-order valence-corrected chi connectivity index (χ4v) is 1.82. The summed E-state index contributed by atoms with van der Waals surface area (Å²) in [4.78, 5) is 22.1. The predicted molar refractivity (Wildman–Crippen MR) is 74.2 cm³/mol. The van der Waals surface area contributed by atoms with E-state index in [1.165, 1.54) is 7.11 Å². The van der Waals surface area contributed by atoms with Crippen LogP contribution in [0.2, 0.25) is 0 Å². The number of carbonyl (C=O) groups excluding carboxylic acids is 2. The summed E-state index contributed by atoms with van der Waals surface area (Å²) in [5.41, 5.74) is 2.12. The minimum absolute atomic E-state index is 0.103. The van der Waals surface area contributed by atoms with Crippen molar-refractivity contribution in [2.24, 2.45) is 0 Å². The van der Waals surface area contributed by atoms with Crippen LogP contribution in [0.3, 0.4) is 0 Å².